The lowest BCUT2D eigenvalue weighted by atomic mass is 10.2. The highest BCUT2D eigenvalue weighted by atomic mass is 16.6. The number of ether oxygens (including phenoxy) is 2. The van der Waals surface area contributed by atoms with E-state index in [0.717, 1.165) is 19.4 Å². The van der Waals surface area contributed by atoms with Crippen LogP contribution in [0.15, 0.2) is 4.99 Å². The predicted molar refractivity (Wildman–Crippen MR) is 94.1 cm³/mol. The Morgan fingerprint density at radius 3 is 2.29 bits per heavy atom. The molecule has 0 fully saturated rings. The number of carbonyl (C=O) groups is 2. The molecule has 3 N–H and O–H groups in total. The number of methoxy groups -OCH3 is 1. The zero-order valence-corrected chi connectivity index (χ0v) is 15.5. The Morgan fingerprint density at radius 1 is 1.04 bits per heavy atom. The van der Waals surface area contributed by atoms with Gasteiger partial charge in [-0.1, -0.05) is 0 Å². The largest absolute Gasteiger partial charge is 0.469 e. The zero-order valence-electron chi connectivity index (χ0n) is 15.5. The lowest BCUT2D eigenvalue weighted by molar-refractivity contribution is -0.140. The van der Waals surface area contributed by atoms with Gasteiger partial charge in [0.2, 0.25) is 0 Å². The molecule has 0 saturated heterocycles. The van der Waals surface area contributed by atoms with Crippen LogP contribution in [0.4, 0.5) is 4.79 Å². The van der Waals surface area contributed by atoms with E-state index in [4.69, 9.17) is 4.74 Å². The minimum atomic E-state index is -0.502. The van der Waals surface area contributed by atoms with Gasteiger partial charge in [0.25, 0.3) is 0 Å². The van der Waals surface area contributed by atoms with Crippen LogP contribution in [0.25, 0.3) is 0 Å². The topological polar surface area (TPSA) is 101 Å². The van der Waals surface area contributed by atoms with Crippen molar-refractivity contribution in [3.8, 4) is 0 Å². The number of guanidine groups is 1. The number of alkyl carbamates (subject to hydrolysis) is 1. The van der Waals surface area contributed by atoms with Crippen LogP contribution in [0.5, 0.6) is 0 Å². The quantitative estimate of drug-likeness (QED) is 0.253. The molecule has 0 heterocycles. The van der Waals surface area contributed by atoms with E-state index in [-0.39, 0.29) is 5.97 Å². The highest BCUT2D eigenvalue weighted by molar-refractivity contribution is 5.79. The monoisotopic (exact) mass is 344 g/mol. The minimum Gasteiger partial charge on any atom is -0.469 e. The fourth-order valence-electron chi connectivity index (χ4n) is 1.68. The molecule has 0 unspecified atom stereocenters. The number of nitrogens with zero attached hydrogens (tertiary/aromatic N) is 1. The maximum atomic E-state index is 11.5. The standard InChI is InChI=1S/C16H32N4O4/c1-6-17-14(18-10-8-7-9-13(21)23-5)19-11-12-20-15(22)24-16(2,3)4/h6-12H2,1-5H3,(H,20,22)(H2,17,18,19). The van der Waals surface area contributed by atoms with Crippen molar-refractivity contribution in [2.45, 2.75) is 52.6 Å². The summed E-state index contributed by atoms with van der Waals surface area (Å²) in [6.07, 6.45) is 1.53. The second kappa shape index (κ2) is 12.4. The summed E-state index contributed by atoms with van der Waals surface area (Å²) in [6, 6.07) is 0. The minimum absolute atomic E-state index is 0.197. The normalized spacial score (nSPS) is 11.6. The molecule has 0 bridgehead atoms. The van der Waals surface area contributed by atoms with Gasteiger partial charge >= 0.3 is 12.1 Å². The van der Waals surface area contributed by atoms with Gasteiger partial charge in [0, 0.05) is 32.6 Å². The van der Waals surface area contributed by atoms with Crippen LogP contribution in [0.2, 0.25) is 0 Å². The van der Waals surface area contributed by atoms with E-state index in [9.17, 15) is 9.59 Å². The molecule has 0 radical (unpaired) electrons. The second-order valence-electron chi connectivity index (χ2n) is 6.15. The number of amides is 1. The molecule has 8 heteroatoms. The van der Waals surface area contributed by atoms with E-state index < -0.39 is 11.7 Å². The summed E-state index contributed by atoms with van der Waals surface area (Å²) in [7, 11) is 1.39. The lowest BCUT2D eigenvalue weighted by Crippen LogP contribution is -2.42. The molecule has 0 aromatic rings. The Kier molecular flexibility index (Phi) is 11.4. The molecule has 8 nitrogen and oxygen atoms in total. The highest BCUT2D eigenvalue weighted by Gasteiger charge is 2.15. The van der Waals surface area contributed by atoms with Crippen molar-refractivity contribution < 1.29 is 19.1 Å². The Bertz CT molecular complexity index is 405. The summed E-state index contributed by atoms with van der Waals surface area (Å²) in [5.74, 6) is 0.485. The molecule has 24 heavy (non-hydrogen) atoms. The summed E-state index contributed by atoms with van der Waals surface area (Å²) >= 11 is 0. The summed E-state index contributed by atoms with van der Waals surface area (Å²) < 4.78 is 9.74. The number of unbranched alkanes of at least 4 members (excludes halogenated alkanes) is 1. The van der Waals surface area contributed by atoms with Crippen LogP contribution in [0, 0.1) is 0 Å². The van der Waals surface area contributed by atoms with Crippen LogP contribution in [0.1, 0.15) is 47.0 Å². The Hall–Kier alpha value is -1.99. The highest BCUT2D eigenvalue weighted by Crippen LogP contribution is 2.05. The number of rotatable bonds is 9. The molecule has 1 amide bonds. The molecule has 0 aliphatic carbocycles. The van der Waals surface area contributed by atoms with E-state index in [1.807, 2.05) is 27.7 Å². The van der Waals surface area contributed by atoms with Gasteiger partial charge in [-0.15, -0.1) is 0 Å². The number of aliphatic imine (C=N–C) groups is 1. The van der Waals surface area contributed by atoms with Crippen LogP contribution < -0.4 is 16.0 Å². The number of esters is 1. The number of nitrogens with one attached hydrogen (secondary N) is 3. The molecule has 140 valence electrons. The van der Waals surface area contributed by atoms with Crippen LogP contribution in [0.3, 0.4) is 0 Å². The Morgan fingerprint density at radius 2 is 1.71 bits per heavy atom. The fourth-order valence-corrected chi connectivity index (χ4v) is 1.68. The van der Waals surface area contributed by atoms with Gasteiger partial charge in [-0.25, -0.2) is 4.79 Å². The van der Waals surface area contributed by atoms with Gasteiger partial charge in [0.15, 0.2) is 5.96 Å². The zero-order chi connectivity index (χ0) is 18.4. The van der Waals surface area contributed by atoms with Crippen molar-refractivity contribution in [2.24, 2.45) is 4.99 Å². The fraction of sp³-hybridized carbons (Fsp3) is 0.812. The third kappa shape index (κ3) is 13.7. The third-order valence-electron chi connectivity index (χ3n) is 2.72. The first-order valence-electron chi connectivity index (χ1n) is 8.34. The van der Waals surface area contributed by atoms with Crippen LogP contribution in [-0.4, -0.2) is 56.9 Å². The summed E-state index contributed by atoms with van der Waals surface area (Å²) in [4.78, 5) is 26.9. The van der Waals surface area contributed by atoms with Crippen LogP contribution in [-0.2, 0) is 14.3 Å². The molecule has 0 aliphatic heterocycles. The molecular formula is C16H32N4O4. The van der Waals surface area contributed by atoms with Gasteiger partial charge < -0.3 is 25.4 Å². The smallest absolute Gasteiger partial charge is 0.407 e. The molecule has 0 aromatic carbocycles. The molecule has 0 rings (SSSR count). The van der Waals surface area contributed by atoms with Gasteiger partial charge in [0.05, 0.1) is 7.11 Å². The van der Waals surface area contributed by atoms with E-state index in [1.54, 1.807) is 0 Å². The lowest BCUT2D eigenvalue weighted by Gasteiger charge is -2.19. The second-order valence-corrected chi connectivity index (χ2v) is 6.15. The first-order valence-corrected chi connectivity index (χ1v) is 8.34. The summed E-state index contributed by atoms with van der Waals surface area (Å²) in [5, 5.41) is 8.92. The van der Waals surface area contributed by atoms with E-state index in [0.29, 0.717) is 32.0 Å². The molecule has 0 aliphatic rings. The third-order valence-corrected chi connectivity index (χ3v) is 2.72. The maximum absolute atomic E-state index is 11.5. The van der Waals surface area contributed by atoms with Crippen molar-refractivity contribution in [1.29, 1.82) is 0 Å². The maximum Gasteiger partial charge on any atom is 0.407 e. The number of hydrogen-bond donors (Lipinski definition) is 3. The number of hydrogen-bond acceptors (Lipinski definition) is 5. The Labute approximate surface area is 144 Å². The first-order chi connectivity index (χ1) is 11.3. The van der Waals surface area contributed by atoms with E-state index in [1.165, 1.54) is 7.11 Å². The van der Waals surface area contributed by atoms with Crippen molar-refractivity contribution >= 4 is 18.0 Å². The van der Waals surface area contributed by atoms with Crippen molar-refractivity contribution in [2.75, 3.05) is 33.3 Å². The molecular weight excluding hydrogens is 312 g/mol. The summed E-state index contributed by atoms with van der Waals surface area (Å²) in [6.45, 7) is 9.77. The van der Waals surface area contributed by atoms with Gasteiger partial charge in [-0.05, 0) is 40.5 Å². The van der Waals surface area contributed by atoms with Crippen molar-refractivity contribution in [3.63, 3.8) is 0 Å². The van der Waals surface area contributed by atoms with Gasteiger partial charge in [0.1, 0.15) is 5.60 Å². The summed E-state index contributed by atoms with van der Waals surface area (Å²) in [5.41, 5.74) is -0.502. The van der Waals surface area contributed by atoms with Crippen molar-refractivity contribution in [1.82, 2.24) is 16.0 Å². The first kappa shape index (κ1) is 22.0. The number of carbonyl (C=O) groups excluding carboxylic acids is 2. The SMILES string of the molecule is CCNC(=NCCCCC(=O)OC)NCCNC(=O)OC(C)(C)C. The van der Waals surface area contributed by atoms with E-state index in [2.05, 4.69) is 25.7 Å². The van der Waals surface area contributed by atoms with E-state index >= 15 is 0 Å². The average molecular weight is 344 g/mol. The van der Waals surface area contributed by atoms with Crippen LogP contribution >= 0.6 is 0 Å². The molecule has 0 aromatic heterocycles. The van der Waals surface area contributed by atoms with Crippen molar-refractivity contribution in [3.05, 3.63) is 0 Å². The van der Waals surface area contributed by atoms with Gasteiger partial charge in [-0.2, -0.15) is 0 Å². The molecule has 0 atom stereocenters. The predicted octanol–water partition coefficient (Wildman–Crippen LogP) is 1.41. The van der Waals surface area contributed by atoms with Gasteiger partial charge in [-0.3, -0.25) is 9.79 Å². The molecule has 0 saturated carbocycles. The Balaban J connectivity index is 3.96. The molecule has 0 spiro atoms. The average Bonchev–Trinajstić information content (AvgIpc) is 2.48.